The summed E-state index contributed by atoms with van der Waals surface area (Å²) < 4.78 is 24.6. The molecule has 110 valence electrons. The third-order valence-electron chi connectivity index (χ3n) is 3.15. The van der Waals surface area contributed by atoms with Crippen LogP contribution in [0.1, 0.15) is 32.6 Å². The zero-order valence-corrected chi connectivity index (χ0v) is 12.0. The third-order valence-corrected chi connectivity index (χ3v) is 3.45. The van der Waals surface area contributed by atoms with Crippen molar-refractivity contribution in [2.75, 3.05) is 11.9 Å². The van der Waals surface area contributed by atoms with Crippen LogP contribution >= 0.6 is 11.6 Å². The van der Waals surface area contributed by atoms with E-state index in [2.05, 4.69) is 5.32 Å². The van der Waals surface area contributed by atoms with Gasteiger partial charge in [-0.15, -0.1) is 0 Å². The van der Waals surface area contributed by atoms with Gasteiger partial charge in [-0.25, -0.2) is 9.18 Å². The maximum absolute atomic E-state index is 14.3. The monoisotopic (exact) mass is 301 g/mol. The Hall–Kier alpha value is -1.49. The van der Waals surface area contributed by atoms with Crippen molar-refractivity contribution in [3.8, 4) is 5.75 Å². The molecule has 1 fully saturated rings. The molecule has 0 atom stereocenters. The zero-order valence-electron chi connectivity index (χ0n) is 11.2. The van der Waals surface area contributed by atoms with E-state index in [-0.39, 0.29) is 29.2 Å². The zero-order chi connectivity index (χ0) is 14.5. The molecule has 1 N–H and O–H groups in total. The first kappa shape index (κ1) is 14.9. The fourth-order valence-corrected chi connectivity index (χ4v) is 2.38. The summed E-state index contributed by atoms with van der Waals surface area (Å²) >= 11 is 5.97. The van der Waals surface area contributed by atoms with Gasteiger partial charge in [-0.05, 0) is 44.7 Å². The van der Waals surface area contributed by atoms with E-state index in [1.54, 1.807) is 6.92 Å². The summed E-state index contributed by atoms with van der Waals surface area (Å²) in [5, 5.41) is 2.53. The predicted octanol–water partition coefficient (Wildman–Crippen LogP) is 4.37. The van der Waals surface area contributed by atoms with Gasteiger partial charge >= 0.3 is 6.09 Å². The van der Waals surface area contributed by atoms with E-state index in [9.17, 15) is 9.18 Å². The summed E-state index contributed by atoms with van der Waals surface area (Å²) in [6.07, 6.45) is 3.21. The lowest BCUT2D eigenvalue weighted by Gasteiger charge is -2.16. The van der Waals surface area contributed by atoms with Crippen LogP contribution in [0.5, 0.6) is 5.75 Å². The second-order valence-electron chi connectivity index (χ2n) is 4.61. The fourth-order valence-electron chi connectivity index (χ4n) is 2.19. The molecule has 6 heteroatoms. The second-order valence-corrected chi connectivity index (χ2v) is 5.02. The average Bonchev–Trinajstić information content (AvgIpc) is 2.91. The quantitative estimate of drug-likeness (QED) is 0.898. The van der Waals surface area contributed by atoms with E-state index >= 15 is 0 Å². The maximum Gasteiger partial charge on any atom is 0.411 e. The van der Waals surface area contributed by atoms with E-state index in [0.29, 0.717) is 0 Å². The third kappa shape index (κ3) is 3.54. The lowest BCUT2D eigenvalue weighted by molar-refractivity contribution is 0.167. The van der Waals surface area contributed by atoms with Crippen LogP contribution in [0.15, 0.2) is 12.1 Å². The number of nitrogens with one attached hydrogen (secondary N) is 1. The van der Waals surface area contributed by atoms with E-state index in [0.717, 1.165) is 25.7 Å². The number of rotatable bonds is 4. The molecule has 1 saturated carbocycles. The highest BCUT2D eigenvalue weighted by Gasteiger charge is 2.22. The minimum Gasteiger partial charge on any atom is -0.486 e. The summed E-state index contributed by atoms with van der Waals surface area (Å²) in [6, 6.07) is 2.88. The number of carbonyl (C=O) groups excluding carboxylic acids is 1. The Labute approximate surface area is 122 Å². The fraction of sp³-hybridized carbons (Fsp3) is 0.500. The normalized spacial score (nSPS) is 15.2. The minimum atomic E-state index is -0.708. The van der Waals surface area contributed by atoms with Crippen molar-refractivity contribution in [3.05, 3.63) is 23.0 Å². The molecule has 0 saturated heterocycles. The Bertz CT molecular complexity index is 490. The Balaban J connectivity index is 2.15. The van der Waals surface area contributed by atoms with Gasteiger partial charge in [0.25, 0.3) is 0 Å². The summed E-state index contributed by atoms with van der Waals surface area (Å²) in [7, 11) is 0. The number of hydrogen-bond acceptors (Lipinski definition) is 3. The molecule has 0 unspecified atom stereocenters. The van der Waals surface area contributed by atoms with Gasteiger partial charge in [-0.2, -0.15) is 0 Å². The molecule has 0 heterocycles. The van der Waals surface area contributed by atoms with Gasteiger partial charge in [0.1, 0.15) is 0 Å². The van der Waals surface area contributed by atoms with E-state index in [1.165, 1.54) is 12.1 Å². The number of benzene rings is 1. The van der Waals surface area contributed by atoms with Gasteiger partial charge in [0.2, 0.25) is 0 Å². The smallest absolute Gasteiger partial charge is 0.411 e. The summed E-state index contributed by atoms with van der Waals surface area (Å²) in [4.78, 5) is 11.3. The van der Waals surface area contributed by atoms with Crippen LogP contribution in [0.4, 0.5) is 14.9 Å². The van der Waals surface area contributed by atoms with Crippen LogP contribution in [-0.4, -0.2) is 18.8 Å². The van der Waals surface area contributed by atoms with Crippen LogP contribution in [0.2, 0.25) is 5.02 Å². The molecule has 20 heavy (non-hydrogen) atoms. The van der Waals surface area contributed by atoms with Crippen LogP contribution < -0.4 is 10.1 Å². The lowest BCUT2D eigenvalue weighted by atomic mass is 10.2. The molecule has 0 spiro atoms. The van der Waals surface area contributed by atoms with Gasteiger partial charge in [-0.3, -0.25) is 5.32 Å². The Morgan fingerprint density at radius 3 is 2.80 bits per heavy atom. The Morgan fingerprint density at radius 1 is 1.45 bits per heavy atom. The molecular weight excluding hydrogens is 285 g/mol. The van der Waals surface area contributed by atoms with Crippen molar-refractivity contribution in [1.82, 2.24) is 0 Å². The van der Waals surface area contributed by atoms with E-state index in [4.69, 9.17) is 21.1 Å². The summed E-state index contributed by atoms with van der Waals surface area (Å²) in [6.45, 7) is 1.89. The van der Waals surface area contributed by atoms with Gasteiger partial charge in [-0.1, -0.05) is 11.6 Å². The van der Waals surface area contributed by atoms with Crippen molar-refractivity contribution >= 4 is 23.4 Å². The first-order valence-corrected chi connectivity index (χ1v) is 7.08. The number of carbonyl (C=O) groups is 1. The lowest BCUT2D eigenvalue weighted by Crippen LogP contribution is -2.16. The molecule has 4 nitrogen and oxygen atoms in total. The Kier molecular flexibility index (Phi) is 5.06. The molecule has 2 rings (SSSR count). The second kappa shape index (κ2) is 6.79. The number of anilines is 1. The highest BCUT2D eigenvalue weighted by atomic mass is 35.5. The first-order chi connectivity index (χ1) is 9.61. The van der Waals surface area contributed by atoms with Crippen molar-refractivity contribution in [2.24, 2.45) is 0 Å². The molecule has 0 bridgehead atoms. The largest absolute Gasteiger partial charge is 0.486 e. The van der Waals surface area contributed by atoms with Gasteiger partial charge < -0.3 is 9.47 Å². The molecule has 0 aromatic heterocycles. The topological polar surface area (TPSA) is 47.6 Å². The molecule has 0 aliphatic heterocycles. The predicted molar refractivity (Wildman–Crippen MR) is 74.9 cm³/mol. The number of ether oxygens (including phenoxy) is 2. The molecule has 1 amide bonds. The SMILES string of the molecule is CCOC(=O)Nc1ccc(Cl)c(OC2CCCC2)c1F. The van der Waals surface area contributed by atoms with Crippen molar-refractivity contribution in [1.29, 1.82) is 0 Å². The number of amides is 1. The first-order valence-electron chi connectivity index (χ1n) is 6.70. The number of hydrogen-bond donors (Lipinski definition) is 1. The molecule has 1 aromatic rings. The molecule has 1 aromatic carbocycles. The van der Waals surface area contributed by atoms with E-state index in [1.807, 2.05) is 0 Å². The minimum absolute atomic E-state index is 0.000784. The van der Waals surface area contributed by atoms with Gasteiger partial charge in [0, 0.05) is 0 Å². The molecule has 1 aliphatic rings. The van der Waals surface area contributed by atoms with Gasteiger partial charge in [0.15, 0.2) is 11.6 Å². The van der Waals surface area contributed by atoms with Crippen LogP contribution in [0.25, 0.3) is 0 Å². The molecule has 1 aliphatic carbocycles. The van der Waals surface area contributed by atoms with Crippen LogP contribution in [0.3, 0.4) is 0 Å². The highest BCUT2D eigenvalue weighted by Crippen LogP contribution is 2.35. The van der Waals surface area contributed by atoms with Crippen molar-refractivity contribution in [2.45, 2.75) is 38.7 Å². The molecule has 0 radical (unpaired) electrons. The maximum atomic E-state index is 14.3. The summed E-state index contributed by atoms with van der Waals surface area (Å²) in [5.74, 6) is -0.676. The number of halogens is 2. The van der Waals surface area contributed by atoms with Crippen molar-refractivity contribution in [3.63, 3.8) is 0 Å². The van der Waals surface area contributed by atoms with Crippen LogP contribution in [0, 0.1) is 5.82 Å². The van der Waals surface area contributed by atoms with Crippen molar-refractivity contribution < 1.29 is 18.7 Å². The standard InChI is InChI=1S/C14H17ClFNO3/c1-2-19-14(18)17-11-8-7-10(15)13(12(11)16)20-9-5-3-4-6-9/h7-9H,2-6H2,1H3,(H,17,18). The van der Waals surface area contributed by atoms with Gasteiger partial charge in [0.05, 0.1) is 23.4 Å². The van der Waals surface area contributed by atoms with Crippen LogP contribution in [-0.2, 0) is 4.74 Å². The van der Waals surface area contributed by atoms with E-state index < -0.39 is 11.9 Å². The Morgan fingerprint density at radius 2 is 2.15 bits per heavy atom. The highest BCUT2D eigenvalue weighted by molar-refractivity contribution is 6.32. The molecular formula is C14H17ClFNO3. The average molecular weight is 302 g/mol. The summed E-state index contributed by atoms with van der Waals surface area (Å²) in [5.41, 5.74) is 0.000784.